The van der Waals surface area contributed by atoms with E-state index in [1.54, 1.807) is 34.9 Å². The molecule has 4 rings (SSSR count). The number of aliphatic carboxylic acids is 1. The Morgan fingerprint density at radius 2 is 1.70 bits per heavy atom. The Hall–Kier alpha value is -4.39. The lowest BCUT2D eigenvalue weighted by Crippen LogP contribution is -2.24. The first-order valence-corrected chi connectivity index (χ1v) is 10.5. The van der Waals surface area contributed by atoms with Gasteiger partial charge in [0.1, 0.15) is 11.4 Å². The summed E-state index contributed by atoms with van der Waals surface area (Å²) in [6, 6.07) is 23.6. The van der Waals surface area contributed by atoms with E-state index in [1.165, 1.54) is 0 Å². The van der Waals surface area contributed by atoms with Crippen LogP contribution < -0.4 is 10.1 Å². The van der Waals surface area contributed by atoms with Crippen molar-refractivity contribution >= 4 is 28.9 Å². The van der Waals surface area contributed by atoms with E-state index in [-0.39, 0.29) is 18.7 Å². The minimum absolute atomic E-state index is 0.0138. The molecule has 0 saturated heterocycles. The maximum atomic E-state index is 13.3. The molecule has 0 radical (unpaired) electrons. The van der Waals surface area contributed by atoms with Crippen molar-refractivity contribution in [1.29, 1.82) is 0 Å². The lowest BCUT2D eigenvalue weighted by molar-refractivity contribution is -0.137. The summed E-state index contributed by atoms with van der Waals surface area (Å²) in [5, 5.41) is 11.4. The average Bonchev–Trinajstić information content (AvgIpc) is 3.21. The fourth-order valence-electron chi connectivity index (χ4n) is 3.57. The summed E-state index contributed by atoms with van der Waals surface area (Å²) in [7, 11) is 0. The molecule has 0 bridgehead atoms. The summed E-state index contributed by atoms with van der Waals surface area (Å²) in [5.41, 5.74) is 3.03. The average molecular weight is 442 g/mol. The number of nitrogens with zero attached hydrogens (tertiary/aromatic N) is 1. The second-order valence-corrected chi connectivity index (χ2v) is 7.42. The van der Waals surface area contributed by atoms with Gasteiger partial charge in [0.05, 0.1) is 6.61 Å². The molecule has 0 atom stereocenters. The van der Waals surface area contributed by atoms with E-state index in [0.29, 0.717) is 23.4 Å². The standard InChI is InChI=1S/C26H22N2O5/c29-23(30)13-7-15-33-21-12-6-10-19(16-21)27-26(32)25(31)24-22(18-8-2-1-3-9-18)17-20-11-4-5-14-28(20)24/h1-6,8-12,14,16-17H,7,13,15H2,(H,27,32)(H,29,30). The Kier molecular flexibility index (Phi) is 6.50. The van der Waals surface area contributed by atoms with Crippen LogP contribution in [0.25, 0.3) is 16.6 Å². The van der Waals surface area contributed by atoms with E-state index >= 15 is 0 Å². The van der Waals surface area contributed by atoms with Crippen molar-refractivity contribution in [3.63, 3.8) is 0 Å². The first-order valence-electron chi connectivity index (χ1n) is 10.5. The molecule has 0 spiro atoms. The Morgan fingerprint density at radius 1 is 0.909 bits per heavy atom. The number of Topliss-reactive ketones (excluding diaryl/α,β-unsaturated/α-hetero) is 1. The second kappa shape index (κ2) is 9.82. The monoisotopic (exact) mass is 442 g/mol. The number of fused-ring (bicyclic) bond motifs is 1. The zero-order valence-corrected chi connectivity index (χ0v) is 17.7. The molecule has 4 aromatic rings. The molecule has 1 amide bonds. The van der Waals surface area contributed by atoms with Crippen LogP contribution in [0.3, 0.4) is 0 Å². The summed E-state index contributed by atoms with van der Waals surface area (Å²) >= 11 is 0. The molecule has 7 nitrogen and oxygen atoms in total. The van der Waals surface area contributed by atoms with Crippen molar-refractivity contribution in [3.8, 4) is 16.9 Å². The van der Waals surface area contributed by atoms with Crippen LogP contribution in [0.15, 0.2) is 85.1 Å². The van der Waals surface area contributed by atoms with Crippen molar-refractivity contribution in [1.82, 2.24) is 4.40 Å². The first-order chi connectivity index (χ1) is 16.0. The molecular weight excluding hydrogens is 420 g/mol. The van der Waals surface area contributed by atoms with Gasteiger partial charge >= 0.3 is 5.97 Å². The van der Waals surface area contributed by atoms with Crippen molar-refractivity contribution in [2.45, 2.75) is 12.8 Å². The molecule has 33 heavy (non-hydrogen) atoms. The van der Waals surface area contributed by atoms with Gasteiger partial charge in [-0.2, -0.15) is 0 Å². The second-order valence-electron chi connectivity index (χ2n) is 7.42. The van der Waals surface area contributed by atoms with E-state index in [9.17, 15) is 14.4 Å². The molecule has 0 aliphatic carbocycles. The molecule has 0 saturated carbocycles. The summed E-state index contributed by atoms with van der Waals surface area (Å²) < 4.78 is 7.26. The first kappa shape index (κ1) is 21.8. The number of rotatable bonds is 9. The van der Waals surface area contributed by atoms with Crippen molar-refractivity contribution < 1.29 is 24.2 Å². The Labute approximate surface area is 190 Å². The van der Waals surface area contributed by atoms with Gasteiger partial charge in [0.15, 0.2) is 0 Å². The fourth-order valence-corrected chi connectivity index (χ4v) is 3.57. The van der Waals surface area contributed by atoms with Crippen LogP contribution in [0.4, 0.5) is 5.69 Å². The Balaban J connectivity index is 1.55. The normalized spacial score (nSPS) is 10.7. The van der Waals surface area contributed by atoms with Crippen molar-refractivity contribution in [2.24, 2.45) is 0 Å². The van der Waals surface area contributed by atoms with E-state index in [4.69, 9.17) is 9.84 Å². The van der Waals surface area contributed by atoms with Crippen LogP contribution in [0.5, 0.6) is 5.75 Å². The number of aromatic nitrogens is 1. The van der Waals surface area contributed by atoms with E-state index < -0.39 is 17.7 Å². The number of ether oxygens (including phenoxy) is 1. The number of amides is 1. The van der Waals surface area contributed by atoms with Gasteiger partial charge in [-0.3, -0.25) is 14.4 Å². The topological polar surface area (TPSA) is 97.1 Å². The third-order valence-corrected chi connectivity index (χ3v) is 5.08. The number of carboxylic acids is 1. The largest absolute Gasteiger partial charge is 0.494 e. The summed E-state index contributed by atoms with van der Waals surface area (Å²) in [6.07, 6.45) is 2.14. The zero-order chi connectivity index (χ0) is 23.2. The highest BCUT2D eigenvalue weighted by molar-refractivity contribution is 6.47. The highest BCUT2D eigenvalue weighted by Gasteiger charge is 2.24. The molecule has 7 heteroatoms. The van der Waals surface area contributed by atoms with Crippen LogP contribution in [0, 0.1) is 0 Å². The molecule has 0 fully saturated rings. The summed E-state index contributed by atoms with van der Waals surface area (Å²) in [5.74, 6) is -1.83. The summed E-state index contributed by atoms with van der Waals surface area (Å²) in [6.45, 7) is 0.235. The number of carboxylic acid groups (broad SMARTS) is 1. The predicted octanol–water partition coefficient (Wildman–Crippen LogP) is 4.67. The molecule has 2 N–H and O–H groups in total. The number of pyridine rings is 1. The minimum Gasteiger partial charge on any atom is -0.494 e. The third-order valence-electron chi connectivity index (χ3n) is 5.08. The SMILES string of the molecule is O=C(O)CCCOc1cccc(NC(=O)C(=O)c2c(-c3ccccc3)cc3ccccn23)c1. The van der Waals surface area contributed by atoms with Gasteiger partial charge in [0, 0.05) is 35.5 Å². The number of benzene rings is 2. The van der Waals surface area contributed by atoms with Gasteiger partial charge < -0.3 is 19.6 Å². The van der Waals surface area contributed by atoms with Gasteiger partial charge in [-0.25, -0.2) is 0 Å². The van der Waals surface area contributed by atoms with Crippen LogP contribution in [-0.2, 0) is 9.59 Å². The quantitative estimate of drug-likeness (QED) is 0.223. The molecule has 2 heterocycles. The van der Waals surface area contributed by atoms with Gasteiger partial charge in [-0.1, -0.05) is 42.5 Å². The van der Waals surface area contributed by atoms with Crippen molar-refractivity contribution in [2.75, 3.05) is 11.9 Å². The van der Waals surface area contributed by atoms with Crippen LogP contribution in [-0.4, -0.2) is 33.8 Å². The molecule has 0 aliphatic heterocycles. The molecule has 2 aromatic heterocycles. The maximum absolute atomic E-state index is 13.3. The lowest BCUT2D eigenvalue weighted by atomic mass is 10.0. The van der Waals surface area contributed by atoms with Gasteiger partial charge in [0.25, 0.3) is 11.7 Å². The third kappa shape index (κ3) is 5.10. The van der Waals surface area contributed by atoms with Gasteiger partial charge in [0.2, 0.25) is 0 Å². The molecule has 0 unspecified atom stereocenters. The zero-order valence-electron chi connectivity index (χ0n) is 17.7. The van der Waals surface area contributed by atoms with E-state index in [0.717, 1.165) is 11.1 Å². The van der Waals surface area contributed by atoms with Crippen molar-refractivity contribution in [3.05, 3.63) is 90.8 Å². The molecule has 0 aliphatic rings. The number of hydrogen-bond donors (Lipinski definition) is 2. The van der Waals surface area contributed by atoms with Gasteiger partial charge in [-0.15, -0.1) is 0 Å². The van der Waals surface area contributed by atoms with E-state index in [1.807, 2.05) is 54.6 Å². The van der Waals surface area contributed by atoms with Crippen LogP contribution in [0.2, 0.25) is 0 Å². The lowest BCUT2D eigenvalue weighted by Gasteiger charge is -2.10. The van der Waals surface area contributed by atoms with Crippen LogP contribution >= 0.6 is 0 Å². The number of carbonyl (C=O) groups is 3. The maximum Gasteiger partial charge on any atom is 0.303 e. The number of carbonyl (C=O) groups excluding carboxylic acids is 2. The number of hydrogen-bond acceptors (Lipinski definition) is 4. The Bertz CT molecular complexity index is 1310. The molecular formula is C26H22N2O5. The van der Waals surface area contributed by atoms with Gasteiger partial charge in [-0.05, 0) is 42.3 Å². The number of anilines is 1. The van der Waals surface area contributed by atoms with E-state index in [2.05, 4.69) is 5.32 Å². The minimum atomic E-state index is -0.883. The number of ketones is 1. The van der Waals surface area contributed by atoms with Crippen LogP contribution in [0.1, 0.15) is 23.3 Å². The fraction of sp³-hybridized carbons (Fsp3) is 0.115. The Morgan fingerprint density at radius 3 is 2.48 bits per heavy atom. The highest BCUT2D eigenvalue weighted by atomic mass is 16.5. The highest BCUT2D eigenvalue weighted by Crippen LogP contribution is 2.28. The molecule has 2 aromatic carbocycles. The summed E-state index contributed by atoms with van der Waals surface area (Å²) in [4.78, 5) is 36.8. The predicted molar refractivity (Wildman–Crippen MR) is 125 cm³/mol. The molecule has 166 valence electrons. The smallest absolute Gasteiger partial charge is 0.303 e. The number of nitrogens with one attached hydrogen (secondary N) is 1.